The highest BCUT2D eigenvalue weighted by Crippen LogP contribution is 2.27. The van der Waals surface area contributed by atoms with Crippen molar-refractivity contribution >= 4 is 38.7 Å². The molecule has 0 unspecified atom stereocenters. The van der Waals surface area contributed by atoms with Crippen LogP contribution in [0.5, 0.6) is 0 Å². The normalized spacial score (nSPS) is 11.8. The van der Waals surface area contributed by atoms with E-state index in [-0.39, 0.29) is 21.4 Å². The molecule has 20 heavy (non-hydrogen) atoms. The van der Waals surface area contributed by atoms with E-state index < -0.39 is 15.8 Å². The van der Waals surface area contributed by atoms with E-state index in [0.717, 1.165) is 12.4 Å². The fourth-order valence-corrected chi connectivity index (χ4v) is 3.10. The first-order valence-electron chi connectivity index (χ1n) is 5.16. The van der Waals surface area contributed by atoms with Gasteiger partial charge in [-0.1, -0.05) is 11.6 Å². The van der Waals surface area contributed by atoms with Gasteiger partial charge in [0.25, 0.3) is 10.0 Å². The molecule has 0 radical (unpaired) electrons. The first-order valence-corrected chi connectivity index (χ1v) is 7.02. The smallest absolute Gasteiger partial charge is 0.408 e. The molecule has 0 saturated heterocycles. The molecule has 9 nitrogen and oxygen atoms in total. The lowest BCUT2D eigenvalue weighted by atomic mass is 10.3. The largest absolute Gasteiger partial charge is 0.417 e. The van der Waals surface area contributed by atoms with Gasteiger partial charge >= 0.3 is 5.76 Å². The van der Waals surface area contributed by atoms with Crippen LogP contribution in [-0.4, -0.2) is 28.6 Å². The summed E-state index contributed by atoms with van der Waals surface area (Å²) >= 11 is 5.91. The number of hydrogen-bond acceptors (Lipinski definition) is 6. The second kappa shape index (κ2) is 4.35. The monoisotopic (exact) mass is 315 g/mol. The van der Waals surface area contributed by atoms with Gasteiger partial charge in [-0.3, -0.25) is 4.98 Å². The number of aromatic nitrogens is 4. The predicted molar refractivity (Wildman–Crippen MR) is 69.0 cm³/mol. The number of benzene rings is 1. The van der Waals surface area contributed by atoms with E-state index in [4.69, 9.17) is 16.0 Å². The van der Waals surface area contributed by atoms with Crippen molar-refractivity contribution in [3.63, 3.8) is 0 Å². The number of sulfonamides is 1. The van der Waals surface area contributed by atoms with Crippen LogP contribution in [-0.2, 0) is 10.0 Å². The third kappa shape index (κ3) is 2.14. The number of hydrogen-bond donors (Lipinski definition) is 3. The Morgan fingerprint density at radius 2 is 2.15 bits per heavy atom. The van der Waals surface area contributed by atoms with Crippen molar-refractivity contribution in [3.05, 3.63) is 34.0 Å². The number of anilines is 1. The number of rotatable bonds is 3. The van der Waals surface area contributed by atoms with Crippen molar-refractivity contribution in [1.82, 2.24) is 20.2 Å². The molecule has 0 atom stereocenters. The van der Waals surface area contributed by atoms with E-state index >= 15 is 0 Å². The molecule has 3 aromatic rings. The third-order valence-electron chi connectivity index (χ3n) is 2.41. The summed E-state index contributed by atoms with van der Waals surface area (Å²) in [6, 6.07) is 2.44. The number of fused-ring (bicyclic) bond motifs is 1. The highest BCUT2D eigenvalue weighted by atomic mass is 35.5. The molecule has 0 saturated carbocycles. The van der Waals surface area contributed by atoms with E-state index in [1.807, 2.05) is 0 Å². The minimum atomic E-state index is -3.99. The van der Waals surface area contributed by atoms with Gasteiger partial charge in [-0.15, -0.1) is 0 Å². The van der Waals surface area contributed by atoms with Crippen LogP contribution in [0.2, 0.25) is 5.02 Å². The number of oxazole rings is 1. The minimum Gasteiger partial charge on any atom is -0.408 e. The van der Waals surface area contributed by atoms with Crippen molar-refractivity contribution in [3.8, 4) is 0 Å². The predicted octanol–water partition coefficient (Wildman–Crippen LogP) is 0.693. The molecule has 2 aromatic heterocycles. The Morgan fingerprint density at radius 3 is 2.85 bits per heavy atom. The van der Waals surface area contributed by atoms with Crippen LogP contribution in [0.25, 0.3) is 11.1 Å². The minimum absolute atomic E-state index is 0.0586. The molecule has 0 aliphatic rings. The van der Waals surface area contributed by atoms with Crippen LogP contribution in [0.1, 0.15) is 0 Å². The lowest BCUT2D eigenvalue weighted by Gasteiger charge is -2.06. The van der Waals surface area contributed by atoms with E-state index in [2.05, 4.69) is 24.9 Å². The van der Waals surface area contributed by atoms with Gasteiger partial charge in [-0.25, -0.2) is 23.0 Å². The fourth-order valence-electron chi connectivity index (χ4n) is 1.60. The molecule has 0 aliphatic heterocycles. The Balaban J connectivity index is 2.12. The highest BCUT2D eigenvalue weighted by molar-refractivity contribution is 7.92. The molecule has 0 spiro atoms. The average Bonchev–Trinajstić information content (AvgIpc) is 2.95. The molecule has 3 N–H and O–H groups in total. The van der Waals surface area contributed by atoms with E-state index in [1.165, 1.54) is 6.07 Å². The first-order chi connectivity index (χ1) is 9.45. The Morgan fingerprint density at radius 1 is 1.35 bits per heavy atom. The van der Waals surface area contributed by atoms with E-state index in [9.17, 15) is 13.2 Å². The molecular weight excluding hydrogens is 310 g/mol. The summed E-state index contributed by atoms with van der Waals surface area (Å²) in [5.41, 5.74) is 0.385. The lowest BCUT2D eigenvalue weighted by Crippen LogP contribution is -2.14. The van der Waals surface area contributed by atoms with Crippen molar-refractivity contribution in [2.75, 3.05) is 4.72 Å². The van der Waals surface area contributed by atoms with Crippen LogP contribution >= 0.6 is 11.6 Å². The quantitative estimate of drug-likeness (QED) is 0.651. The highest BCUT2D eigenvalue weighted by Gasteiger charge is 2.21. The second-order valence-corrected chi connectivity index (χ2v) is 5.79. The van der Waals surface area contributed by atoms with Crippen LogP contribution in [0, 0.1) is 0 Å². The molecule has 0 aliphatic carbocycles. The summed E-state index contributed by atoms with van der Waals surface area (Å²) in [6.45, 7) is 0. The van der Waals surface area contributed by atoms with Gasteiger partial charge in [0, 0.05) is 6.07 Å². The van der Waals surface area contributed by atoms with E-state index in [0.29, 0.717) is 5.52 Å². The van der Waals surface area contributed by atoms with Crippen LogP contribution < -0.4 is 10.5 Å². The molecule has 1 aromatic carbocycles. The Hall–Kier alpha value is -2.33. The summed E-state index contributed by atoms with van der Waals surface area (Å²) in [6.07, 6.45) is 1.15. The molecule has 3 rings (SSSR count). The van der Waals surface area contributed by atoms with Crippen molar-refractivity contribution in [1.29, 1.82) is 0 Å². The zero-order chi connectivity index (χ0) is 14.3. The van der Waals surface area contributed by atoms with E-state index in [1.54, 1.807) is 0 Å². The van der Waals surface area contributed by atoms with Crippen molar-refractivity contribution in [2.24, 2.45) is 0 Å². The molecular formula is C9H6ClN5O4S. The summed E-state index contributed by atoms with van der Waals surface area (Å²) in [5, 5.41) is 5.80. The SMILES string of the molecule is O=c1[nH]c2cc(Cl)c(S(=O)(=O)Nc3ncn[nH]3)cc2o1. The van der Waals surface area contributed by atoms with Gasteiger partial charge in [0.05, 0.1) is 10.5 Å². The maximum Gasteiger partial charge on any atom is 0.417 e. The molecule has 11 heteroatoms. The standard InChI is InChI=1S/C9H6ClN5O4S/c10-4-1-5-6(19-9(16)13-5)2-7(4)20(17,18)15-8-11-3-12-14-8/h1-3H,(H,13,16)(H2,11,12,14,15). The average molecular weight is 316 g/mol. The van der Waals surface area contributed by atoms with Crippen LogP contribution in [0.15, 0.2) is 32.6 Å². The summed E-state index contributed by atoms with van der Waals surface area (Å²) in [5.74, 6) is -0.759. The summed E-state index contributed by atoms with van der Waals surface area (Å²) < 4.78 is 31.3. The topological polar surface area (TPSA) is 134 Å². The van der Waals surface area contributed by atoms with Gasteiger partial charge in [0.2, 0.25) is 5.95 Å². The maximum absolute atomic E-state index is 12.2. The molecule has 0 bridgehead atoms. The molecule has 2 heterocycles. The second-order valence-electron chi connectivity index (χ2n) is 3.73. The van der Waals surface area contributed by atoms with Gasteiger partial charge in [-0.2, -0.15) is 10.1 Å². The summed E-state index contributed by atoms with van der Waals surface area (Å²) in [4.78, 5) is 16.8. The van der Waals surface area contributed by atoms with Crippen molar-refractivity contribution < 1.29 is 12.8 Å². The number of nitrogens with zero attached hydrogens (tertiary/aromatic N) is 2. The lowest BCUT2D eigenvalue weighted by molar-refractivity contribution is 0.554. The number of aromatic amines is 2. The number of H-pyrrole nitrogens is 2. The Labute approximate surface area is 116 Å². The van der Waals surface area contributed by atoms with Gasteiger partial charge < -0.3 is 4.42 Å². The molecule has 0 fully saturated rings. The molecule has 104 valence electrons. The Kier molecular flexibility index (Phi) is 2.76. The van der Waals surface area contributed by atoms with Crippen LogP contribution in [0.4, 0.5) is 5.95 Å². The Bertz CT molecular complexity index is 927. The first kappa shape index (κ1) is 12.7. The number of nitrogens with one attached hydrogen (secondary N) is 3. The van der Waals surface area contributed by atoms with Gasteiger partial charge in [0.15, 0.2) is 5.58 Å². The zero-order valence-corrected chi connectivity index (χ0v) is 11.1. The van der Waals surface area contributed by atoms with Gasteiger partial charge in [-0.05, 0) is 6.07 Å². The summed E-state index contributed by atoms with van der Waals surface area (Å²) in [7, 11) is -3.99. The zero-order valence-electron chi connectivity index (χ0n) is 9.55. The third-order valence-corrected chi connectivity index (χ3v) is 4.21. The fraction of sp³-hybridized carbons (Fsp3) is 0. The number of halogens is 1. The molecule has 0 amide bonds. The van der Waals surface area contributed by atoms with Crippen molar-refractivity contribution in [2.45, 2.75) is 4.90 Å². The van der Waals surface area contributed by atoms with Crippen LogP contribution in [0.3, 0.4) is 0 Å². The van der Waals surface area contributed by atoms with Gasteiger partial charge in [0.1, 0.15) is 11.2 Å². The maximum atomic E-state index is 12.2.